The van der Waals surface area contributed by atoms with Crippen molar-refractivity contribution in [1.29, 1.82) is 0 Å². The molecule has 76 valence electrons. The van der Waals surface area contributed by atoms with Gasteiger partial charge in [0.05, 0.1) is 0 Å². The Morgan fingerprint density at radius 2 is 2.43 bits per heavy atom. The van der Waals surface area contributed by atoms with Crippen LogP contribution in [0, 0.1) is 6.92 Å². The Morgan fingerprint density at radius 3 is 3.07 bits per heavy atom. The quantitative estimate of drug-likeness (QED) is 0.722. The van der Waals surface area contributed by atoms with E-state index < -0.39 is 0 Å². The van der Waals surface area contributed by atoms with Crippen molar-refractivity contribution < 1.29 is 0 Å². The highest BCUT2D eigenvalue weighted by Gasteiger charge is 2.15. The van der Waals surface area contributed by atoms with Gasteiger partial charge < -0.3 is 11.1 Å². The maximum atomic E-state index is 5.66. The highest BCUT2D eigenvalue weighted by Crippen LogP contribution is 2.10. The zero-order chi connectivity index (χ0) is 9.97. The first-order valence-electron chi connectivity index (χ1n) is 5.07. The van der Waals surface area contributed by atoms with E-state index in [1.807, 2.05) is 6.92 Å². The van der Waals surface area contributed by atoms with Crippen LogP contribution in [-0.4, -0.2) is 22.6 Å². The highest BCUT2D eigenvalue weighted by atomic mass is 15.0. The van der Waals surface area contributed by atoms with Crippen molar-refractivity contribution in [2.24, 2.45) is 0 Å². The summed E-state index contributed by atoms with van der Waals surface area (Å²) in [5, 5.41) is 3.42. The minimum Gasteiger partial charge on any atom is -0.384 e. The fourth-order valence-corrected chi connectivity index (χ4v) is 1.90. The summed E-state index contributed by atoms with van der Waals surface area (Å²) in [6.45, 7) is 3.07. The van der Waals surface area contributed by atoms with Crippen LogP contribution in [0.1, 0.15) is 24.4 Å². The third kappa shape index (κ3) is 2.20. The molecule has 0 bridgehead atoms. The number of anilines is 1. The van der Waals surface area contributed by atoms with Crippen LogP contribution in [0.15, 0.2) is 6.07 Å². The Kier molecular flexibility index (Phi) is 2.63. The molecule has 0 spiro atoms. The Bertz CT molecular complexity index is 298. The minimum atomic E-state index is 0.538. The average molecular weight is 192 g/mol. The molecule has 1 aromatic heterocycles. The van der Waals surface area contributed by atoms with E-state index >= 15 is 0 Å². The topological polar surface area (TPSA) is 63.8 Å². The van der Waals surface area contributed by atoms with Crippen molar-refractivity contribution in [2.75, 3.05) is 12.3 Å². The lowest BCUT2D eigenvalue weighted by Gasteiger charge is -2.09. The lowest BCUT2D eigenvalue weighted by Crippen LogP contribution is -2.24. The van der Waals surface area contributed by atoms with Crippen molar-refractivity contribution in [3.05, 3.63) is 17.6 Å². The van der Waals surface area contributed by atoms with Gasteiger partial charge in [-0.2, -0.15) is 0 Å². The third-order valence-electron chi connectivity index (χ3n) is 2.51. The van der Waals surface area contributed by atoms with E-state index in [-0.39, 0.29) is 0 Å². The van der Waals surface area contributed by atoms with E-state index in [9.17, 15) is 0 Å². The maximum Gasteiger partial charge on any atom is 0.132 e. The SMILES string of the molecule is Cc1cc(N)nc(CC2CCCN2)n1. The largest absolute Gasteiger partial charge is 0.384 e. The summed E-state index contributed by atoms with van der Waals surface area (Å²) in [7, 11) is 0. The summed E-state index contributed by atoms with van der Waals surface area (Å²) in [6.07, 6.45) is 3.37. The lowest BCUT2D eigenvalue weighted by molar-refractivity contribution is 0.585. The van der Waals surface area contributed by atoms with Gasteiger partial charge in [-0.3, -0.25) is 0 Å². The fourth-order valence-electron chi connectivity index (χ4n) is 1.90. The standard InChI is InChI=1S/C10H16N4/c1-7-5-9(11)14-10(13-7)6-8-3-2-4-12-8/h5,8,12H,2-4,6H2,1H3,(H2,11,13,14). The molecule has 3 N–H and O–H groups in total. The van der Waals surface area contributed by atoms with Crippen LogP contribution in [-0.2, 0) is 6.42 Å². The number of nitrogens with two attached hydrogens (primary N) is 1. The number of aryl methyl sites for hydroxylation is 1. The van der Waals surface area contributed by atoms with Crippen LogP contribution in [0.4, 0.5) is 5.82 Å². The van der Waals surface area contributed by atoms with Crippen molar-refractivity contribution in [3.8, 4) is 0 Å². The second-order valence-electron chi connectivity index (χ2n) is 3.85. The Labute approximate surface area is 83.9 Å². The summed E-state index contributed by atoms with van der Waals surface area (Å²) in [5.74, 6) is 1.44. The number of aromatic nitrogens is 2. The summed E-state index contributed by atoms with van der Waals surface area (Å²) < 4.78 is 0. The second-order valence-corrected chi connectivity index (χ2v) is 3.85. The number of hydrogen-bond donors (Lipinski definition) is 2. The zero-order valence-corrected chi connectivity index (χ0v) is 8.45. The molecule has 1 aliphatic heterocycles. The van der Waals surface area contributed by atoms with Gasteiger partial charge in [0.25, 0.3) is 0 Å². The Balaban J connectivity index is 2.07. The molecule has 0 amide bonds. The molecule has 2 rings (SSSR count). The maximum absolute atomic E-state index is 5.66. The van der Waals surface area contributed by atoms with E-state index in [1.54, 1.807) is 6.07 Å². The van der Waals surface area contributed by atoms with Gasteiger partial charge in [0.1, 0.15) is 11.6 Å². The van der Waals surface area contributed by atoms with Gasteiger partial charge in [-0.05, 0) is 26.3 Å². The van der Waals surface area contributed by atoms with Crippen molar-refractivity contribution in [2.45, 2.75) is 32.2 Å². The molecule has 1 fully saturated rings. The average Bonchev–Trinajstić information content (AvgIpc) is 2.54. The molecule has 0 saturated carbocycles. The van der Waals surface area contributed by atoms with E-state index in [0.29, 0.717) is 11.9 Å². The van der Waals surface area contributed by atoms with Crippen LogP contribution < -0.4 is 11.1 Å². The molecular formula is C10H16N4. The Hall–Kier alpha value is -1.16. The number of nitrogen functional groups attached to an aromatic ring is 1. The molecule has 1 saturated heterocycles. The van der Waals surface area contributed by atoms with Crippen molar-refractivity contribution in [1.82, 2.24) is 15.3 Å². The summed E-state index contributed by atoms with van der Waals surface area (Å²) in [6, 6.07) is 2.34. The zero-order valence-electron chi connectivity index (χ0n) is 8.45. The minimum absolute atomic E-state index is 0.538. The van der Waals surface area contributed by atoms with Crippen molar-refractivity contribution >= 4 is 5.82 Å². The predicted octanol–water partition coefficient (Wildman–Crippen LogP) is 0.662. The van der Waals surface area contributed by atoms with Crippen LogP contribution in [0.5, 0.6) is 0 Å². The fraction of sp³-hybridized carbons (Fsp3) is 0.600. The van der Waals surface area contributed by atoms with Gasteiger partial charge in [-0.25, -0.2) is 9.97 Å². The summed E-state index contributed by atoms with van der Waals surface area (Å²) >= 11 is 0. The molecule has 14 heavy (non-hydrogen) atoms. The van der Waals surface area contributed by atoms with Crippen LogP contribution >= 0.6 is 0 Å². The monoisotopic (exact) mass is 192 g/mol. The highest BCUT2D eigenvalue weighted by molar-refractivity contribution is 5.29. The summed E-state index contributed by atoms with van der Waals surface area (Å²) in [4.78, 5) is 8.59. The van der Waals surface area contributed by atoms with E-state index in [2.05, 4.69) is 15.3 Å². The van der Waals surface area contributed by atoms with Gasteiger partial charge in [0.2, 0.25) is 0 Å². The lowest BCUT2D eigenvalue weighted by atomic mass is 10.1. The molecule has 4 nitrogen and oxygen atoms in total. The normalized spacial score (nSPS) is 21.4. The first-order chi connectivity index (χ1) is 6.74. The first kappa shape index (κ1) is 9.40. The molecule has 2 heterocycles. The molecule has 1 aromatic rings. The van der Waals surface area contributed by atoms with Crippen LogP contribution in [0.25, 0.3) is 0 Å². The van der Waals surface area contributed by atoms with E-state index in [1.165, 1.54) is 12.8 Å². The van der Waals surface area contributed by atoms with E-state index in [4.69, 9.17) is 5.73 Å². The molecule has 0 radical (unpaired) electrons. The van der Waals surface area contributed by atoms with Gasteiger partial charge in [0.15, 0.2) is 0 Å². The molecule has 0 aliphatic carbocycles. The number of rotatable bonds is 2. The smallest absolute Gasteiger partial charge is 0.132 e. The van der Waals surface area contributed by atoms with Gasteiger partial charge in [0, 0.05) is 24.2 Å². The second kappa shape index (κ2) is 3.92. The molecule has 1 atom stereocenters. The number of nitrogens with one attached hydrogen (secondary N) is 1. The predicted molar refractivity (Wildman–Crippen MR) is 55.9 cm³/mol. The summed E-state index contributed by atoms with van der Waals surface area (Å²) in [5.41, 5.74) is 6.61. The van der Waals surface area contributed by atoms with Gasteiger partial charge >= 0.3 is 0 Å². The molecule has 0 aromatic carbocycles. The van der Waals surface area contributed by atoms with Crippen LogP contribution in [0.3, 0.4) is 0 Å². The Morgan fingerprint density at radius 1 is 1.57 bits per heavy atom. The van der Waals surface area contributed by atoms with E-state index in [0.717, 1.165) is 24.5 Å². The molecule has 1 unspecified atom stereocenters. The number of nitrogens with zero attached hydrogens (tertiary/aromatic N) is 2. The first-order valence-corrected chi connectivity index (χ1v) is 5.07. The molecule has 1 aliphatic rings. The van der Waals surface area contributed by atoms with Crippen LogP contribution in [0.2, 0.25) is 0 Å². The van der Waals surface area contributed by atoms with Gasteiger partial charge in [-0.1, -0.05) is 0 Å². The third-order valence-corrected chi connectivity index (χ3v) is 2.51. The molecular weight excluding hydrogens is 176 g/mol. The van der Waals surface area contributed by atoms with Gasteiger partial charge in [-0.15, -0.1) is 0 Å². The number of hydrogen-bond acceptors (Lipinski definition) is 4. The molecule has 4 heteroatoms. The van der Waals surface area contributed by atoms with Crippen molar-refractivity contribution in [3.63, 3.8) is 0 Å².